The summed E-state index contributed by atoms with van der Waals surface area (Å²) in [5, 5.41) is 9.15. The molecular formula is C25H23ClFN5O2. The largest absolute Gasteiger partial charge is 0.488 e. The molecule has 0 amide bonds. The molecule has 174 valence electrons. The minimum atomic E-state index is -0.699. The highest BCUT2D eigenvalue weighted by molar-refractivity contribution is 6.31. The van der Waals surface area contributed by atoms with Crippen LogP contribution in [-0.2, 0) is 0 Å². The first-order valence-electron chi connectivity index (χ1n) is 11.3. The van der Waals surface area contributed by atoms with E-state index in [4.69, 9.17) is 21.6 Å². The summed E-state index contributed by atoms with van der Waals surface area (Å²) < 4.78 is 21.4. The van der Waals surface area contributed by atoms with E-state index < -0.39 is 11.4 Å². The van der Waals surface area contributed by atoms with Gasteiger partial charge in [-0.15, -0.1) is 0 Å². The van der Waals surface area contributed by atoms with Crippen LogP contribution in [0.5, 0.6) is 5.75 Å². The Balaban J connectivity index is 1.28. The maximum atomic E-state index is 14.0. The maximum absolute atomic E-state index is 14.0. The first-order chi connectivity index (χ1) is 16.4. The van der Waals surface area contributed by atoms with Crippen LogP contribution >= 0.6 is 11.6 Å². The number of nitrogens with zero attached hydrogens (tertiary/aromatic N) is 5. The summed E-state index contributed by atoms with van der Waals surface area (Å²) in [7, 11) is 0. The van der Waals surface area contributed by atoms with Crippen molar-refractivity contribution in [2.24, 2.45) is 5.92 Å². The van der Waals surface area contributed by atoms with Gasteiger partial charge in [0.05, 0.1) is 16.3 Å². The number of rotatable bonds is 5. The van der Waals surface area contributed by atoms with Crippen LogP contribution in [0.15, 0.2) is 47.7 Å². The van der Waals surface area contributed by atoms with Crippen molar-refractivity contribution < 1.29 is 9.13 Å². The van der Waals surface area contributed by atoms with Crippen molar-refractivity contribution in [3.05, 3.63) is 75.2 Å². The highest BCUT2D eigenvalue weighted by atomic mass is 35.5. The highest BCUT2D eigenvalue weighted by Gasteiger charge is 2.30. The molecule has 2 fully saturated rings. The lowest BCUT2D eigenvalue weighted by atomic mass is 9.96. The van der Waals surface area contributed by atoms with E-state index in [1.165, 1.54) is 47.4 Å². The Kier molecular flexibility index (Phi) is 5.96. The van der Waals surface area contributed by atoms with Gasteiger partial charge in [0.2, 0.25) is 5.95 Å². The van der Waals surface area contributed by atoms with E-state index >= 15 is 0 Å². The fourth-order valence-electron chi connectivity index (χ4n) is 4.29. The quantitative estimate of drug-likeness (QED) is 0.537. The Bertz CT molecular complexity index is 1320. The molecule has 2 aromatic heterocycles. The van der Waals surface area contributed by atoms with Gasteiger partial charge in [0, 0.05) is 50.1 Å². The van der Waals surface area contributed by atoms with Crippen LogP contribution in [0.3, 0.4) is 0 Å². The average Bonchev–Trinajstić information content (AvgIpc) is 3.68. The lowest BCUT2D eigenvalue weighted by Gasteiger charge is -2.37. The molecule has 5 rings (SSSR count). The van der Waals surface area contributed by atoms with E-state index in [2.05, 4.69) is 21.8 Å². The Morgan fingerprint density at radius 2 is 1.97 bits per heavy atom. The van der Waals surface area contributed by atoms with Crippen LogP contribution in [0, 0.1) is 23.1 Å². The smallest absolute Gasteiger partial charge is 0.258 e. The molecule has 7 nitrogen and oxygen atoms in total. The van der Waals surface area contributed by atoms with Gasteiger partial charge in [-0.1, -0.05) is 18.5 Å². The summed E-state index contributed by atoms with van der Waals surface area (Å²) in [5.74, 6) is 1.11. The van der Waals surface area contributed by atoms with Crippen molar-refractivity contribution in [3.63, 3.8) is 0 Å². The van der Waals surface area contributed by atoms with Gasteiger partial charge in [-0.25, -0.2) is 14.4 Å². The summed E-state index contributed by atoms with van der Waals surface area (Å²) in [6.07, 6.45) is 8.33. The molecule has 1 aliphatic heterocycles. The van der Waals surface area contributed by atoms with Crippen LogP contribution in [0.25, 0.3) is 5.69 Å². The number of ether oxygens (including phenoxy) is 1. The summed E-state index contributed by atoms with van der Waals surface area (Å²) >= 11 is 6.43. The van der Waals surface area contributed by atoms with Crippen LogP contribution in [0.4, 0.5) is 10.3 Å². The number of nitriles is 1. The zero-order valence-electron chi connectivity index (χ0n) is 18.6. The van der Waals surface area contributed by atoms with Crippen LogP contribution in [0.2, 0.25) is 5.02 Å². The first-order valence-corrected chi connectivity index (χ1v) is 11.7. The molecule has 0 spiro atoms. The molecule has 1 aliphatic carbocycles. The molecule has 2 aliphatic rings. The van der Waals surface area contributed by atoms with E-state index in [9.17, 15) is 9.18 Å². The topological polar surface area (TPSA) is 84.0 Å². The van der Waals surface area contributed by atoms with Gasteiger partial charge in [0.1, 0.15) is 23.7 Å². The van der Waals surface area contributed by atoms with Gasteiger partial charge >= 0.3 is 0 Å². The van der Waals surface area contributed by atoms with E-state index in [1.807, 2.05) is 12.4 Å². The normalized spacial score (nSPS) is 20.1. The number of hydrogen-bond acceptors (Lipinski definition) is 6. The predicted octanol–water partition coefficient (Wildman–Crippen LogP) is 4.46. The fourth-order valence-corrected chi connectivity index (χ4v) is 4.49. The van der Waals surface area contributed by atoms with Crippen LogP contribution in [-0.4, -0.2) is 33.7 Å². The minimum absolute atomic E-state index is 0.0903. The second-order valence-corrected chi connectivity index (χ2v) is 9.34. The predicted molar refractivity (Wildman–Crippen MR) is 126 cm³/mol. The maximum Gasteiger partial charge on any atom is 0.258 e. The summed E-state index contributed by atoms with van der Waals surface area (Å²) in [6, 6.07) is 7.04. The van der Waals surface area contributed by atoms with Crippen molar-refractivity contribution in [1.29, 1.82) is 5.26 Å². The summed E-state index contributed by atoms with van der Waals surface area (Å²) in [6.45, 7) is 3.55. The number of benzene rings is 1. The van der Waals surface area contributed by atoms with Gasteiger partial charge < -0.3 is 9.64 Å². The summed E-state index contributed by atoms with van der Waals surface area (Å²) in [4.78, 5) is 24.0. The first kappa shape index (κ1) is 22.4. The molecule has 0 unspecified atom stereocenters. The molecule has 2 atom stereocenters. The standard InChI is InChI=1S/C25H23ClFN5O2/c1-15-13-31(25-29-11-18(12-30-25)16-2-3-16)7-6-22(15)34-23-9-24(33)32(14-20(23)26)19-5-4-17(10-28)21(27)8-19/h4-5,8-9,11-12,14-16,22H,2-3,6-7,13H2,1H3/t15-,22-/m0/s1. The lowest BCUT2D eigenvalue weighted by Crippen LogP contribution is -2.45. The minimum Gasteiger partial charge on any atom is -0.488 e. The zero-order valence-corrected chi connectivity index (χ0v) is 19.4. The second kappa shape index (κ2) is 9.07. The van der Waals surface area contributed by atoms with Gasteiger partial charge in [-0.2, -0.15) is 5.26 Å². The number of anilines is 1. The number of piperidine rings is 1. The Labute approximate surface area is 201 Å². The molecule has 1 saturated carbocycles. The Morgan fingerprint density at radius 3 is 2.62 bits per heavy atom. The lowest BCUT2D eigenvalue weighted by molar-refractivity contribution is 0.121. The SMILES string of the molecule is C[C@H]1CN(c2ncc(C3CC3)cn2)CC[C@@H]1Oc1cc(=O)n(-c2ccc(C#N)c(F)c2)cc1Cl. The molecule has 9 heteroatoms. The highest BCUT2D eigenvalue weighted by Crippen LogP contribution is 2.39. The molecule has 0 radical (unpaired) electrons. The van der Waals surface area contributed by atoms with Crippen LogP contribution < -0.4 is 15.2 Å². The Hall–Kier alpha value is -3.44. The van der Waals surface area contributed by atoms with E-state index in [1.54, 1.807) is 6.07 Å². The number of halogens is 2. The van der Waals surface area contributed by atoms with E-state index in [-0.39, 0.29) is 28.3 Å². The molecule has 1 saturated heterocycles. The van der Waals surface area contributed by atoms with Crippen LogP contribution in [0.1, 0.15) is 43.2 Å². The molecule has 1 aromatic carbocycles. The number of aromatic nitrogens is 3. The third-order valence-corrected chi connectivity index (χ3v) is 6.70. The third kappa shape index (κ3) is 4.48. The molecule has 34 heavy (non-hydrogen) atoms. The molecule has 3 aromatic rings. The van der Waals surface area contributed by atoms with Crippen molar-refractivity contribution in [1.82, 2.24) is 14.5 Å². The summed E-state index contributed by atoms with van der Waals surface area (Å²) in [5.41, 5.74) is 0.998. The molecule has 0 N–H and O–H groups in total. The second-order valence-electron chi connectivity index (χ2n) is 8.93. The van der Waals surface area contributed by atoms with E-state index in [0.717, 1.165) is 31.5 Å². The van der Waals surface area contributed by atoms with Gasteiger partial charge in [-0.3, -0.25) is 9.36 Å². The molecule has 3 heterocycles. The number of pyridine rings is 1. The Morgan fingerprint density at radius 1 is 1.21 bits per heavy atom. The molecule has 0 bridgehead atoms. The van der Waals surface area contributed by atoms with Crippen molar-refractivity contribution in [2.75, 3.05) is 18.0 Å². The van der Waals surface area contributed by atoms with Gasteiger partial charge in [0.15, 0.2) is 0 Å². The zero-order chi connectivity index (χ0) is 23.8. The average molecular weight is 480 g/mol. The van der Waals surface area contributed by atoms with Crippen molar-refractivity contribution >= 4 is 17.5 Å². The van der Waals surface area contributed by atoms with Gasteiger partial charge in [-0.05, 0) is 42.5 Å². The van der Waals surface area contributed by atoms with Crippen molar-refractivity contribution in [2.45, 2.75) is 38.2 Å². The monoisotopic (exact) mass is 479 g/mol. The molecular weight excluding hydrogens is 457 g/mol. The van der Waals surface area contributed by atoms with E-state index in [0.29, 0.717) is 11.7 Å². The third-order valence-electron chi connectivity index (χ3n) is 6.42. The number of hydrogen-bond donors (Lipinski definition) is 0. The fraction of sp³-hybridized carbons (Fsp3) is 0.360. The van der Waals surface area contributed by atoms with Gasteiger partial charge in [0.25, 0.3) is 5.56 Å². The van der Waals surface area contributed by atoms with Crippen molar-refractivity contribution in [3.8, 4) is 17.5 Å².